The van der Waals surface area contributed by atoms with Crippen molar-refractivity contribution in [1.82, 2.24) is 0 Å². The molecule has 1 nitrogen and oxygen atoms in total. The number of hydrogen-bond acceptors (Lipinski definition) is 1. The SMILES string of the molecule is CC(C)c1ccc(N2C/C=C\C(C(C)(C)C)=C/CC3(c4cc(-c5ccc6ccccc6c5)ccc4-c4ccc(-c5ccc6ccccc6c5)cc43)c3ccccc32)cc1. The van der Waals surface area contributed by atoms with E-state index < -0.39 is 5.41 Å². The van der Waals surface area contributed by atoms with Crippen LogP contribution in [-0.4, -0.2) is 6.54 Å². The monoisotopic (exact) mass is 761 g/mol. The number of hydrogen-bond donors (Lipinski definition) is 0. The molecular formula is C58H51N. The highest BCUT2D eigenvalue weighted by Crippen LogP contribution is 2.58. The minimum atomic E-state index is -0.487. The molecule has 2 aliphatic rings. The number of nitrogens with zero attached hydrogens (tertiary/aromatic N) is 1. The molecule has 288 valence electrons. The third-order valence-corrected chi connectivity index (χ3v) is 13.0. The molecular weight excluding hydrogens is 711 g/mol. The first-order chi connectivity index (χ1) is 28.7. The molecule has 10 rings (SSSR count). The Bertz CT molecular complexity index is 2820. The van der Waals surface area contributed by atoms with Crippen molar-refractivity contribution in [3.05, 3.63) is 216 Å². The van der Waals surface area contributed by atoms with Gasteiger partial charge in [-0.1, -0.05) is 180 Å². The van der Waals surface area contributed by atoms with Crippen molar-refractivity contribution < 1.29 is 0 Å². The first-order valence-corrected chi connectivity index (χ1v) is 21.3. The molecule has 0 fully saturated rings. The highest BCUT2D eigenvalue weighted by atomic mass is 15.1. The number of para-hydroxylation sites is 1. The van der Waals surface area contributed by atoms with Gasteiger partial charge in [0.1, 0.15) is 0 Å². The summed E-state index contributed by atoms with van der Waals surface area (Å²) in [6, 6.07) is 64.3. The van der Waals surface area contributed by atoms with E-state index in [9.17, 15) is 0 Å². The predicted molar refractivity (Wildman–Crippen MR) is 253 cm³/mol. The van der Waals surface area contributed by atoms with Gasteiger partial charge in [0.2, 0.25) is 0 Å². The molecule has 1 spiro atoms. The second kappa shape index (κ2) is 14.4. The van der Waals surface area contributed by atoms with Crippen molar-refractivity contribution in [3.63, 3.8) is 0 Å². The van der Waals surface area contributed by atoms with Gasteiger partial charge in [0.15, 0.2) is 0 Å². The maximum atomic E-state index is 2.56. The molecule has 8 aromatic carbocycles. The van der Waals surface area contributed by atoms with Crippen LogP contribution in [0.25, 0.3) is 54.9 Å². The van der Waals surface area contributed by atoms with Crippen LogP contribution in [0.3, 0.4) is 0 Å². The highest BCUT2D eigenvalue weighted by Gasteiger charge is 2.46. The number of allylic oxidation sites excluding steroid dienone is 3. The fourth-order valence-electron chi connectivity index (χ4n) is 9.75. The molecule has 1 heteroatoms. The average Bonchev–Trinajstić information content (AvgIpc) is 3.54. The summed E-state index contributed by atoms with van der Waals surface area (Å²) in [4.78, 5) is 2.54. The van der Waals surface area contributed by atoms with Gasteiger partial charge in [-0.3, -0.25) is 0 Å². The van der Waals surface area contributed by atoms with Gasteiger partial charge in [0.05, 0.1) is 5.41 Å². The van der Waals surface area contributed by atoms with E-state index in [1.54, 1.807) is 0 Å². The van der Waals surface area contributed by atoms with Crippen molar-refractivity contribution in [3.8, 4) is 33.4 Å². The normalized spacial score (nSPS) is 16.1. The minimum Gasteiger partial charge on any atom is -0.337 e. The first-order valence-electron chi connectivity index (χ1n) is 21.3. The average molecular weight is 762 g/mol. The minimum absolute atomic E-state index is 0.0374. The van der Waals surface area contributed by atoms with Crippen molar-refractivity contribution in [2.75, 3.05) is 11.4 Å². The zero-order valence-corrected chi connectivity index (χ0v) is 34.8. The second-order valence-corrected chi connectivity index (χ2v) is 17.9. The Hall–Kier alpha value is -6.44. The maximum absolute atomic E-state index is 2.56. The Morgan fingerprint density at radius 1 is 0.508 bits per heavy atom. The Labute approximate surface area is 350 Å². The van der Waals surface area contributed by atoms with Crippen molar-refractivity contribution in [2.24, 2.45) is 5.41 Å². The van der Waals surface area contributed by atoms with E-state index in [1.807, 2.05) is 0 Å². The lowest BCUT2D eigenvalue weighted by Gasteiger charge is -2.38. The van der Waals surface area contributed by atoms with Gasteiger partial charge in [0.25, 0.3) is 0 Å². The molecule has 0 atom stereocenters. The van der Waals surface area contributed by atoms with E-state index in [-0.39, 0.29) is 5.41 Å². The summed E-state index contributed by atoms with van der Waals surface area (Å²) in [7, 11) is 0. The predicted octanol–water partition coefficient (Wildman–Crippen LogP) is 15.8. The van der Waals surface area contributed by atoms with Crippen LogP contribution in [0.15, 0.2) is 194 Å². The Balaban J connectivity index is 1.27. The lowest BCUT2D eigenvalue weighted by molar-refractivity contribution is 0.509. The van der Waals surface area contributed by atoms with Gasteiger partial charge < -0.3 is 4.90 Å². The Kier molecular flexibility index (Phi) is 9.02. The largest absolute Gasteiger partial charge is 0.337 e. The molecule has 0 N–H and O–H groups in total. The Morgan fingerprint density at radius 3 is 1.58 bits per heavy atom. The van der Waals surface area contributed by atoms with E-state index in [1.165, 1.54) is 94.1 Å². The smallest absolute Gasteiger partial charge is 0.0519 e. The van der Waals surface area contributed by atoms with Gasteiger partial charge in [-0.25, -0.2) is 0 Å². The molecule has 0 saturated heterocycles. The molecule has 0 radical (unpaired) electrons. The van der Waals surface area contributed by atoms with Gasteiger partial charge >= 0.3 is 0 Å². The topological polar surface area (TPSA) is 3.24 Å². The lowest BCUT2D eigenvalue weighted by Crippen LogP contribution is -2.31. The Morgan fingerprint density at radius 2 is 1.02 bits per heavy atom. The molecule has 1 aliphatic carbocycles. The maximum Gasteiger partial charge on any atom is 0.0519 e. The summed E-state index contributed by atoms with van der Waals surface area (Å²) < 4.78 is 0. The lowest BCUT2D eigenvalue weighted by atomic mass is 9.67. The summed E-state index contributed by atoms with van der Waals surface area (Å²) >= 11 is 0. The van der Waals surface area contributed by atoms with E-state index in [0.29, 0.717) is 5.92 Å². The molecule has 0 saturated carbocycles. The molecule has 0 unspecified atom stereocenters. The van der Waals surface area contributed by atoms with Crippen molar-refractivity contribution in [2.45, 2.75) is 52.4 Å². The summed E-state index contributed by atoms with van der Waals surface area (Å²) in [6.45, 7) is 12.4. The van der Waals surface area contributed by atoms with Crippen molar-refractivity contribution in [1.29, 1.82) is 0 Å². The molecule has 0 bridgehead atoms. The zero-order chi connectivity index (χ0) is 40.3. The molecule has 1 aliphatic heterocycles. The highest BCUT2D eigenvalue weighted by molar-refractivity contribution is 5.93. The van der Waals surface area contributed by atoms with E-state index in [0.717, 1.165) is 13.0 Å². The van der Waals surface area contributed by atoms with Crippen molar-refractivity contribution >= 4 is 32.9 Å². The number of anilines is 2. The number of fused-ring (bicyclic) bond motifs is 9. The summed E-state index contributed by atoms with van der Waals surface area (Å²) in [5, 5.41) is 5.05. The van der Waals surface area contributed by atoms with Gasteiger partial charge in [-0.05, 0) is 143 Å². The third kappa shape index (κ3) is 6.41. The van der Waals surface area contributed by atoms with Crippen LogP contribution in [0.2, 0.25) is 0 Å². The van der Waals surface area contributed by atoms with Crippen LogP contribution in [0.5, 0.6) is 0 Å². The molecule has 0 amide bonds. The summed E-state index contributed by atoms with van der Waals surface area (Å²) in [6.07, 6.45) is 8.15. The molecule has 1 heterocycles. The third-order valence-electron chi connectivity index (χ3n) is 13.0. The van der Waals surface area contributed by atoms with Gasteiger partial charge in [-0.15, -0.1) is 0 Å². The molecule has 59 heavy (non-hydrogen) atoms. The van der Waals surface area contributed by atoms with Crippen LogP contribution in [0.4, 0.5) is 11.4 Å². The number of rotatable bonds is 4. The first kappa shape index (κ1) is 36.9. The van der Waals surface area contributed by atoms with E-state index in [2.05, 4.69) is 228 Å². The van der Waals surface area contributed by atoms with Gasteiger partial charge in [-0.2, -0.15) is 0 Å². The standard InChI is InChI=1S/C58H51N/c1-39(2)40-24-28-50(29-25-40)59-34-12-17-49(57(3,4)5)32-33-58(53-18-10-11-19-56(53)59)54-37-47(45-22-20-41-13-6-8-15-43(41)35-45)26-30-51(54)52-31-27-48(38-55(52)58)46-23-21-42-14-7-9-16-44(42)36-46/h6-32,35-39H,33-34H2,1-5H3/b17-12-,49-32+. The summed E-state index contributed by atoms with van der Waals surface area (Å²) in [5.74, 6) is 0.470. The zero-order valence-electron chi connectivity index (χ0n) is 34.8. The van der Waals surface area contributed by atoms with Crippen LogP contribution in [0.1, 0.15) is 69.2 Å². The number of benzene rings is 8. The van der Waals surface area contributed by atoms with E-state index >= 15 is 0 Å². The second-order valence-electron chi connectivity index (χ2n) is 17.9. The fourth-order valence-corrected chi connectivity index (χ4v) is 9.75. The van der Waals surface area contributed by atoms with Crippen LogP contribution < -0.4 is 4.90 Å². The van der Waals surface area contributed by atoms with Crippen LogP contribution in [-0.2, 0) is 5.41 Å². The van der Waals surface area contributed by atoms with Gasteiger partial charge in [0, 0.05) is 17.9 Å². The quantitative estimate of drug-likeness (QED) is 0.173. The molecule has 0 aromatic heterocycles. The summed E-state index contributed by atoms with van der Waals surface area (Å²) in [5.41, 5.74) is 16.3. The molecule has 8 aromatic rings. The fraction of sp³-hybridized carbons (Fsp3) is 0.172. The van der Waals surface area contributed by atoms with Crippen LogP contribution >= 0.6 is 0 Å². The van der Waals surface area contributed by atoms with E-state index in [4.69, 9.17) is 0 Å². The van der Waals surface area contributed by atoms with Crippen LogP contribution in [0, 0.1) is 5.41 Å².